The van der Waals surface area contributed by atoms with Crippen molar-refractivity contribution in [3.05, 3.63) is 77.6 Å². The standard InChI is InChI=1S/C22H22N2S/c1-15-13-18(22-23(4)19-10-5-6-11-21(19)25-22)17(3)20(14-15)24-12-8-7-9-16(24)2/h5-14H,1-4H3/q+2. The van der Waals surface area contributed by atoms with Crippen molar-refractivity contribution < 1.29 is 9.13 Å². The van der Waals surface area contributed by atoms with Crippen LogP contribution in [0.4, 0.5) is 0 Å². The number of aryl methyl sites for hydroxylation is 3. The molecule has 124 valence electrons. The number of thiazole rings is 1. The van der Waals surface area contributed by atoms with Gasteiger partial charge < -0.3 is 0 Å². The lowest BCUT2D eigenvalue weighted by molar-refractivity contribution is -0.629. The Hall–Kier alpha value is -2.52. The molecule has 0 aliphatic carbocycles. The Morgan fingerprint density at radius 3 is 2.40 bits per heavy atom. The fourth-order valence-corrected chi connectivity index (χ4v) is 4.67. The van der Waals surface area contributed by atoms with Crippen LogP contribution in [0.1, 0.15) is 16.8 Å². The first-order valence-electron chi connectivity index (χ1n) is 8.53. The van der Waals surface area contributed by atoms with Gasteiger partial charge in [-0.3, -0.25) is 0 Å². The molecule has 4 aromatic rings. The zero-order valence-electron chi connectivity index (χ0n) is 15.1. The van der Waals surface area contributed by atoms with Crippen LogP contribution in [0.15, 0.2) is 60.8 Å². The van der Waals surface area contributed by atoms with Gasteiger partial charge in [-0.25, -0.2) is 0 Å². The molecule has 0 fully saturated rings. The third kappa shape index (κ3) is 2.65. The van der Waals surface area contributed by atoms with Crippen LogP contribution in [0, 0.1) is 20.8 Å². The Labute approximate surface area is 152 Å². The van der Waals surface area contributed by atoms with E-state index in [1.165, 1.54) is 43.3 Å². The third-order valence-electron chi connectivity index (χ3n) is 4.82. The minimum absolute atomic E-state index is 1.24. The zero-order chi connectivity index (χ0) is 17.6. The molecule has 2 nitrogen and oxygen atoms in total. The van der Waals surface area contributed by atoms with E-state index in [-0.39, 0.29) is 0 Å². The van der Waals surface area contributed by atoms with E-state index in [0.717, 1.165) is 0 Å². The lowest BCUT2D eigenvalue weighted by atomic mass is 10.0. The molecule has 2 aromatic carbocycles. The van der Waals surface area contributed by atoms with E-state index in [1.54, 1.807) is 0 Å². The quantitative estimate of drug-likeness (QED) is 0.469. The fourth-order valence-electron chi connectivity index (χ4n) is 3.45. The molecule has 0 saturated carbocycles. The Morgan fingerprint density at radius 1 is 0.880 bits per heavy atom. The number of nitrogens with zero attached hydrogens (tertiary/aromatic N) is 2. The average Bonchev–Trinajstić information content (AvgIpc) is 2.94. The van der Waals surface area contributed by atoms with Gasteiger partial charge in [0.05, 0.1) is 5.56 Å². The van der Waals surface area contributed by atoms with Crippen LogP contribution >= 0.6 is 11.3 Å². The molecule has 25 heavy (non-hydrogen) atoms. The van der Waals surface area contributed by atoms with Crippen LogP contribution in [0.2, 0.25) is 0 Å². The molecule has 0 atom stereocenters. The molecule has 0 aliphatic heterocycles. The lowest BCUT2D eigenvalue weighted by Gasteiger charge is -2.08. The van der Waals surface area contributed by atoms with Crippen molar-refractivity contribution in [3.8, 4) is 16.3 Å². The summed E-state index contributed by atoms with van der Waals surface area (Å²) in [4.78, 5) is 0. The largest absolute Gasteiger partial charge is 0.270 e. The number of hydrogen-bond donors (Lipinski definition) is 0. The van der Waals surface area contributed by atoms with Gasteiger partial charge in [-0.15, -0.1) is 0 Å². The van der Waals surface area contributed by atoms with Crippen molar-refractivity contribution in [2.75, 3.05) is 0 Å². The molecule has 0 N–H and O–H groups in total. The summed E-state index contributed by atoms with van der Waals surface area (Å²) in [5, 5.41) is 1.30. The molecule has 0 unspecified atom stereocenters. The van der Waals surface area contributed by atoms with Gasteiger partial charge in [0.15, 0.2) is 11.9 Å². The van der Waals surface area contributed by atoms with Crippen LogP contribution < -0.4 is 9.13 Å². The maximum atomic E-state index is 2.31. The highest BCUT2D eigenvalue weighted by molar-refractivity contribution is 7.21. The van der Waals surface area contributed by atoms with E-state index in [4.69, 9.17) is 0 Å². The highest BCUT2D eigenvalue weighted by atomic mass is 32.1. The van der Waals surface area contributed by atoms with Crippen molar-refractivity contribution in [3.63, 3.8) is 0 Å². The minimum atomic E-state index is 1.24. The van der Waals surface area contributed by atoms with Crippen LogP contribution in [0.25, 0.3) is 26.5 Å². The van der Waals surface area contributed by atoms with Crippen LogP contribution in [0.3, 0.4) is 0 Å². The first-order valence-corrected chi connectivity index (χ1v) is 9.35. The summed E-state index contributed by atoms with van der Waals surface area (Å²) >= 11 is 1.86. The summed E-state index contributed by atoms with van der Waals surface area (Å²) in [6.07, 6.45) is 2.14. The molecule has 0 amide bonds. The summed E-state index contributed by atoms with van der Waals surface area (Å²) in [6.45, 7) is 6.56. The monoisotopic (exact) mass is 346 g/mol. The van der Waals surface area contributed by atoms with E-state index in [9.17, 15) is 0 Å². The van der Waals surface area contributed by atoms with E-state index in [0.29, 0.717) is 0 Å². The first kappa shape index (κ1) is 16.0. The van der Waals surface area contributed by atoms with E-state index >= 15 is 0 Å². The van der Waals surface area contributed by atoms with Crippen molar-refractivity contribution in [1.29, 1.82) is 0 Å². The second kappa shape index (κ2) is 6.08. The molecule has 4 rings (SSSR count). The minimum Gasteiger partial charge on any atom is -0.184 e. The molecule has 0 radical (unpaired) electrons. The number of aromatic nitrogens is 2. The molecular formula is C22H22N2S+2. The lowest BCUT2D eigenvalue weighted by Crippen LogP contribution is -2.35. The topological polar surface area (TPSA) is 7.76 Å². The molecule has 2 aromatic heterocycles. The molecule has 0 spiro atoms. The summed E-state index contributed by atoms with van der Waals surface area (Å²) in [7, 11) is 2.16. The maximum Gasteiger partial charge on any atom is 0.270 e. The highest BCUT2D eigenvalue weighted by Gasteiger charge is 2.24. The van der Waals surface area contributed by atoms with Gasteiger partial charge in [0, 0.05) is 36.8 Å². The fraction of sp³-hybridized carbons (Fsp3) is 0.182. The number of benzene rings is 2. The van der Waals surface area contributed by atoms with Gasteiger partial charge in [-0.2, -0.15) is 9.13 Å². The first-order chi connectivity index (χ1) is 12.1. The van der Waals surface area contributed by atoms with Gasteiger partial charge in [0.2, 0.25) is 11.2 Å². The van der Waals surface area contributed by atoms with Gasteiger partial charge >= 0.3 is 0 Å². The van der Waals surface area contributed by atoms with Gasteiger partial charge in [0.1, 0.15) is 11.7 Å². The van der Waals surface area contributed by atoms with Crippen LogP contribution in [0.5, 0.6) is 0 Å². The normalized spacial score (nSPS) is 11.2. The second-order valence-corrected chi connectivity index (χ2v) is 7.63. The van der Waals surface area contributed by atoms with Gasteiger partial charge in [0.25, 0.3) is 5.01 Å². The summed E-state index contributed by atoms with van der Waals surface area (Å²) < 4.78 is 5.92. The molecule has 0 aliphatic rings. The van der Waals surface area contributed by atoms with Gasteiger partial charge in [-0.1, -0.05) is 29.5 Å². The van der Waals surface area contributed by atoms with Crippen molar-refractivity contribution in [2.45, 2.75) is 20.8 Å². The molecule has 0 bridgehead atoms. The Kier molecular flexibility index (Phi) is 3.89. The third-order valence-corrected chi connectivity index (χ3v) is 6.07. The van der Waals surface area contributed by atoms with Crippen molar-refractivity contribution >= 4 is 21.6 Å². The van der Waals surface area contributed by atoms with Crippen molar-refractivity contribution in [1.82, 2.24) is 0 Å². The smallest absolute Gasteiger partial charge is 0.184 e. The van der Waals surface area contributed by atoms with Crippen LogP contribution in [-0.2, 0) is 7.05 Å². The molecular weight excluding hydrogens is 324 g/mol. The van der Waals surface area contributed by atoms with E-state index < -0.39 is 0 Å². The van der Waals surface area contributed by atoms with E-state index in [1.807, 2.05) is 11.3 Å². The van der Waals surface area contributed by atoms with Crippen molar-refractivity contribution in [2.24, 2.45) is 7.05 Å². The Balaban J connectivity index is 2.00. The molecule has 2 heterocycles. The number of rotatable bonds is 2. The summed E-state index contributed by atoms with van der Waals surface area (Å²) in [5.41, 5.74) is 7.69. The number of fused-ring (bicyclic) bond motifs is 1. The highest BCUT2D eigenvalue weighted by Crippen LogP contribution is 2.32. The predicted octanol–water partition coefficient (Wildman–Crippen LogP) is 4.59. The molecule has 0 saturated heterocycles. The Morgan fingerprint density at radius 2 is 1.64 bits per heavy atom. The SMILES string of the molecule is Cc1cc(-c2sc3ccccc3[n+]2C)c(C)c(-[n+]2ccccc2C)c1. The molecule has 3 heteroatoms. The number of para-hydroxylation sites is 1. The maximum absolute atomic E-state index is 2.31. The average molecular weight is 346 g/mol. The van der Waals surface area contributed by atoms with E-state index in [2.05, 4.69) is 97.7 Å². The zero-order valence-corrected chi connectivity index (χ0v) is 15.9. The second-order valence-electron chi connectivity index (χ2n) is 6.60. The number of hydrogen-bond acceptors (Lipinski definition) is 1. The van der Waals surface area contributed by atoms with Crippen LogP contribution in [-0.4, -0.2) is 0 Å². The Bertz CT molecular complexity index is 1090. The predicted molar refractivity (Wildman–Crippen MR) is 104 cm³/mol. The summed E-state index contributed by atoms with van der Waals surface area (Å²) in [6, 6.07) is 19.5. The summed E-state index contributed by atoms with van der Waals surface area (Å²) in [5.74, 6) is 0. The number of pyridine rings is 1. The van der Waals surface area contributed by atoms with Gasteiger partial charge in [-0.05, 0) is 31.5 Å².